The van der Waals surface area contributed by atoms with Gasteiger partial charge >= 0.3 is 0 Å². The molecule has 1 atom stereocenters. The third-order valence-corrected chi connectivity index (χ3v) is 6.36. The van der Waals surface area contributed by atoms with Crippen LogP contribution in [-0.2, 0) is 11.3 Å². The topological polar surface area (TPSA) is 81.9 Å². The van der Waals surface area contributed by atoms with E-state index in [0.29, 0.717) is 16.8 Å². The quantitative estimate of drug-likeness (QED) is 0.338. The van der Waals surface area contributed by atoms with Gasteiger partial charge in [-0.3, -0.25) is 4.79 Å². The summed E-state index contributed by atoms with van der Waals surface area (Å²) >= 11 is 2.75. The molecule has 0 aliphatic rings. The van der Waals surface area contributed by atoms with Crippen molar-refractivity contribution in [2.45, 2.75) is 31.7 Å². The molecule has 0 fully saturated rings. The number of ether oxygens (including phenoxy) is 1. The predicted molar refractivity (Wildman–Crippen MR) is 128 cm³/mol. The minimum atomic E-state index is -0.264. The molecule has 2 heterocycles. The second-order valence-corrected chi connectivity index (χ2v) is 8.70. The Hall–Kier alpha value is -3.17. The SMILES string of the molecule is CCn1c(SCC(=O)Nc2nc(-c3ccccc3)cs2)nnc1[C@@H](C)Oc1ccccc1. The average Bonchev–Trinajstić information content (AvgIpc) is 3.46. The number of carbonyl (C=O) groups is 1. The van der Waals surface area contributed by atoms with Gasteiger partial charge in [0.1, 0.15) is 5.75 Å². The lowest BCUT2D eigenvalue weighted by Crippen LogP contribution is -2.15. The molecule has 32 heavy (non-hydrogen) atoms. The summed E-state index contributed by atoms with van der Waals surface area (Å²) in [6.45, 7) is 4.64. The normalized spacial score (nSPS) is 11.8. The fraction of sp³-hybridized carbons (Fsp3) is 0.217. The number of hydrogen-bond acceptors (Lipinski definition) is 7. The van der Waals surface area contributed by atoms with Gasteiger partial charge in [-0.15, -0.1) is 21.5 Å². The Morgan fingerprint density at radius 2 is 1.84 bits per heavy atom. The molecule has 1 amide bonds. The van der Waals surface area contributed by atoms with E-state index in [0.717, 1.165) is 22.8 Å². The summed E-state index contributed by atoms with van der Waals surface area (Å²) in [6.07, 6.45) is -0.264. The Balaban J connectivity index is 1.35. The molecule has 7 nitrogen and oxygen atoms in total. The van der Waals surface area contributed by atoms with E-state index in [1.54, 1.807) is 0 Å². The summed E-state index contributed by atoms with van der Waals surface area (Å²) in [7, 11) is 0. The van der Waals surface area contributed by atoms with E-state index in [-0.39, 0.29) is 17.8 Å². The monoisotopic (exact) mass is 465 g/mol. The number of nitrogens with zero attached hydrogens (tertiary/aromatic N) is 4. The number of aromatic nitrogens is 4. The highest BCUT2D eigenvalue weighted by Crippen LogP contribution is 2.26. The third-order valence-electron chi connectivity index (χ3n) is 4.63. The number of thioether (sulfide) groups is 1. The fourth-order valence-electron chi connectivity index (χ4n) is 3.12. The second-order valence-electron chi connectivity index (χ2n) is 6.90. The summed E-state index contributed by atoms with van der Waals surface area (Å²) in [4.78, 5) is 17.0. The Morgan fingerprint density at radius 1 is 1.12 bits per heavy atom. The van der Waals surface area contributed by atoms with Crippen LogP contribution in [0.2, 0.25) is 0 Å². The number of rotatable bonds is 9. The predicted octanol–water partition coefficient (Wildman–Crippen LogP) is 5.29. The summed E-state index contributed by atoms with van der Waals surface area (Å²) in [5.41, 5.74) is 1.87. The Labute approximate surface area is 194 Å². The molecule has 164 valence electrons. The standard InChI is InChI=1S/C23H23N5O2S2/c1-3-28-21(16(2)30-18-12-8-5-9-13-18)26-27-23(28)32-15-20(29)25-22-24-19(14-31-22)17-10-6-4-7-11-17/h4-14,16H,3,15H2,1-2H3,(H,24,25,29)/t16-/m1/s1. The van der Waals surface area contributed by atoms with E-state index >= 15 is 0 Å². The summed E-state index contributed by atoms with van der Waals surface area (Å²) in [6, 6.07) is 19.5. The fourth-order valence-corrected chi connectivity index (χ4v) is 4.66. The highest BCUT2D eigenvalue weighted by atomic mass is 32.2. The van der Waals surface area contributed by atoms with E-state index in [9.17, 15) is 4.79 Å². The molecule has 1 N–H and O–H groups in total. The van der Waals surface area contributed by atoms with Crippen LogP contribution in [0.25, 0.3) is 11.3 Å². The van der Waals surface area contributed by atoms with E-state index in [2.05, 4.69) is 20.5 Å². The zero-order chi connectivity index (χ0) is 22.3. The Morgan fingerprint density at radius 3 is 2.56 bits per heavy atom. The van der Waals surface area contributed by atoms with Crippen LogP contribution in [0, 0.1) is 0 Å². The van der Waals surface area contributed by atoms with E-state index in [1.165, 1.54) is 23.1 Å². The van der Waals surface area contributed by atoms with Crippen molar-refractivity contribution in [3.63, 3.8) is 0 Å². The lowest BCUT2D eigenvalue weighted by molar-refractivity contribution is -0.113. The molecule has 0 bridgehead atoms. The van der Waals surface area contributed by atoms with E-state index < -0.39 is 0 Å². The van der Waals surface area contributed by atoms with Gasteiger partial charge in [-0.2, -0.15) is 0 Å². The lowest BCUT2D eigenvalue weighted by Gasteiger charge is -2.15. The van der Waals surface area contributed by atoms with Crippen molar-refractivity contribution in [1.29, 1.82) is 0 Å². The van der Waals surface area contributed by atoms with Crippen molar-refractivity contribution in [3.05, 3.63) is 71.9 Å². The Kier molecular flexibility index (Phi) is 7.18. The molecule has 0 radical (unpaired) electrons. The van der Waals surface area contributed by atoms with Gasteiger partial charge in [0, 0.05) is 17.5 Å². The molecule has 2 aromatic heterocycles. The zero-order valence-corrected chi connectivity index (χ0v) is 19.4. The van der Waals surface area contributed by atoms with Crippen molar-refractivity contribution in [3.8, 4) is 17.0 Å². The van der Waals surface area contributed by atoms with Crippen LogP contribution >= 0.6 is 23.1 Å². The van der Waals surface area contributed by atoms with Gasteiger partial charge in [0.25, 0.3) is 0 Å². The Bertz CT molecular complexity index is 1160. The van der Waals surface area contributed by atoms with Crippen LogP contribution in [0.4, 0.5) is 5.13 Å². The molecule has 4 rings (SSSR count). The van der Waals surface area contributed by atoms with Crippen LogP contribution in [0.5, 0.6) is 5.75 Å². The van der Waals surface area contributed by atoms with Crippen molar-refractivity contribution >= 4 is 34.1 Å². The van der Waals surface area contributed by atoms with Gasteiger partial charge in [-0.25, -0.2) is 4.98 Å². The number of thiazole rings is 1. The van der Waals surface area contributed by atoms with Crippen LogP contribution < -0.4 is 10.1 Å². The molecule has 0 aliphatic heterocycles. The molecule has 0 aliphatic carbocycles. The molecule has 4 aromatic rings. The average molecular weight is 466 g/mol. The molecule has 0 saturated carbocycles. The largest absolute Gasteiger partial charge is 0.483 e. The molecular weight excluding hydrogens is 442 g/mol. The van der Waals surface area contributed by atoms with Gasteiger partial charge in [-0.05, 0) is 26.0 Å². The summed E-state index contributed by atoms with van der Waals surface area (Å²) < 4.78 is 7.96. The van der Waals surface area contributed by atoms with Crippen molar-refractivity contribution in [2.75, 3.05) is 11.1 Å². The van der Waals surface area contributed by atoms with Gasteiger partial charge < -0.3 is 14.6 Å². The van der Waals surface area contributed by atoms with E-state index in [1.807, 2.05) is 84.5 Å². The van der Waals surface area contributed by atoms with Crippen molar-refractivity contribution < 1.29 is 9.53 Å². The maximum absolute atomic E-state index is 12.5. The van der Waals surface area contributed by atoms with Crippen molar-refractivity contribution in [2.24, 2.45) is 0 Å². The maximum Gasteiger partial charge on any atom is 0.236 e. The van der Waals surface area contributed by atoms with Gasteiger partial charge in [0.05, 0.1) is 11.4 Å². The molecular formula is C23H23N5O2S2. The number of carbonyl (C=O) groups excluding carboxylic acids is 1. The number of para-hydroxylation sites is 1. The first-order valence-electron chi connectivity index (χ1n) is 10.2. The van der Waals surface area contributed by atoms with Crippen LogP contribution in [0.15, 0.2) is 71.2 Å². The first-order valence-corrected chi connectivity index (χ1v) is 12.1. The minimum absolute atomic E-state index is 0.134. The number of nitrogens with one attached hydrogen (secondary N) is 1. The zero-order valence-electron chi connectivity index (χ0n) is 17.8. The maximum atomic E-state index is 12.5. The molecule has 0 saturated heterocycles. The molecule has 9 heteroatoms. The summed E-state index contributed by atoms with van der Waals surface area (Å²) in [5.74, 6) is 1.58. The van der Waals surface area contributed by atoms with E-state index in [4.69, 9.17) is 4.74 Å². The smallest absolute Gasteiger partial charge is 0.236 e. The third kappa shape index (κ3) is 5.35. The number of benzene rings is 2. The van der Waals surface area contributed by atoms with Crippen LogP contribution in [0.1, 0.15) is 25.8 Å². The molecule has 0 unspecified atom stereocenters. The number of anilines is 1. The van der Waals surface area contributed by atoms with Crippen LogP contribution in [-0.4, -0.2) is 31.4 Å². The first kappa shape index (κ1) is 22.0. The van der Waals surface area contributed by atoms with Crippen LogP contribution in [0.3, 0.4) is 0 Å². The van der Waals surface area contributed by atoms with Gasteiger partial charge in [0.15, 0.2) is 22.2 Å². The van der Waals surface area contributed by atoms with Gasteiger partial charge in [0.2, 0.25) is 5.91 Å². The number of hydrogen-bond donors (Lipinski definition) is 1. The highest BCUT2D eigenvalue weighted by molar-refractivity contribution is 7.99. The highest BCUT2D eigenvalue weighted by Gasteiger charge is 2.19. The molecule has 2 aromatic carbocycles. The molecule has 0 spiro atoms. The lowest BCUT2D eigenvalue weighted by atomic mass is 10.2. The number of amides is 1. The second kappa shape index (κ2) is 10.4. The summed E-state index contributed by atoms with van der Waals surface area (Å²) in [5, 5.41) is 14.7. The first-order chi connectivity index (χ1) is 15.6. The van der Waals surface area contributed by atoms with Crippen molar-refractivity contribution in [1.82, 2.24) is 19.7 Å². The van der Waals surface area contributed by atoms with Gasteiger partial charge in [-0.1, -0.05) is 60.3 Å². The minimum Gasteiger partial charge on any atom is -0.483 e.